The Kier molecular flexibility index (Phi) is 11.2. The molecule has 0 aliphatic heterocycles. The Bertz CT molecular complexity index is 1530. The zero-order valence-electron chi connectivity index (χ0n) is 19.7. The number of H-pyrrole nitrogens is 3. The lowest BCUT2D eigenvalue weighted by Gasteiger charge is -2.07. The number of nitrogens with one attached hydrogen (secondary N) is 3. The molecule has 0 aliphatic carbocycles. The van der Waals surface area contributed by atoms with Gasteiger partial charge < -0.3 is 32.2 Å². The van der Waals surface area contributed by atoms with Gasteiger partial charge in [0.2, 0.25) is 0 Å². The number of primary amides is 3. The standard InChI is InChI=1S/C7H5ClF2N2O2.C7H5F3N2O2.C7H6F2N2O2/c2*8-7(9,10)4-2-1-3(5(11)13)6(14)12-4;8-5(9)4-2-1-3(6(10)12)7(13)11-4/h2*1-2H,(H2,11,13)(H,12,14);1-2,5H,(H2,10,12)(H,11,13). The lowest BCUT2D eigenvalue weighted by Crippen LogP contribution is -2.25. The molecule has 12 nitrogen and oxygen atoms in total. The molecule has 3 aromatic rings. The number of aromatic amines is 3. The van der Waals surface area contributed by atoms with E-state index in [1.807, 2.05) is 4.98 Å². The zero-order valence-corrected chi connectivity index (χ0v) is 20.5. The van der Waals surface area contributed by atoms with Crippen LogP contribution in [0.15, 0.2) is 50.8 Å². The van der Waals surface area contributed by atoms with Gasteiger partial charge >= 0.3 is 11.6 Å². The van der Waals surface area contributed by atoms with Crippen LogP contribution in [0.4, 0.5) is 30.7 Å². The monoisotopic (exact) mass is 616 g/mol. The van der Waals surface area contributed by atoms with E-state index >= 15 is 0 Å². The van der Waals surface area contributed by atoms with Gasteiger partial charge in [-0.2, -0.15) is 22.0 Å². The second-order valence-corrected chi connectivity index (χ2v) is 7.75. The number of carbonyl (C=O) groups excluding carboxylic acids is 3. The number of aromatic nitrogens is 3. The number of hydrogen-bond donors (Lipinski definition) is 6. The molecule has 20 heteroatoms. The Morgan fingerprint density at radius 3 is 1.27 bits per heavy atom. The number of amides is 3. The van der Waals surface area contributed by atoms with Gasteiger partial charge in [-0.05, 0) is 48.0 Å². The van der Waals surface area contributed by atoms with E-state index in [1.165, 1.54) is 4.98 Å². The third-order valence-electron chi connectivity index (χ3n) is 4.39. The van der Waals surface area contributed by atoms with Gasteiger partial charge in [-0.15, -0.1) is 0 Å². The highest BCUT2D eigenvalue weighted by Crippen LogP contribution is 2.29. The average Bonchev–Trinajstić information content (AvgIpc) is 2.82. The van der Waals surface area contributed by atoms with Crippen LogP contribution < -0.4 is 33.9 Å². The summed E-state index contributed by atoms with van der Waals surface area (Å²) in [6.07, 6.45) is -7.41. The van der Waals surface area contributed by atoms with E-state index in [9.17, 15) is 59.5 Å². The summed E-state index contributed by atoms with van der Waals surface area (Å²) in [7, 11) is 0. The topological polar surface area (TPSA) is 228 Å². The molecule has 0 saturated carbocycles. The molecule has 0 unspecified atom stereocenters. The fourth-order valence-corrected chi connectivity index (χ4v) is 2.59. The van der Waals surface area contributed by atoms with Crippen molar-refractivity contribution in [2.24, 2.45) is 17.2 Å². The Morgan fingerprint density at radius 1 is 0.634 bits per heavy atom. The highest BCUT2D eigenvalue weighted by atomic mass is 35.5. The smallest absolute Gasteiger partial charge is 0.365 e. The Morgan fingerprint density at radius 2 is 0.976 bits per heavy atom. The lowest BCUT2D eigenvalue weighted by molar-refractivity contribution is -0.141. The van der Waals surface area contributed by atoms with Crippen LogP contribution in [0.3, 0.4) is 0 Å². The molecular formula is C21H16ClF7N6O6. The fourth-order valence-electron chi connectivity index (χ4n) is 2.48. The molecule has 0 radical (unpaired) electrons. The molecule has 3 amide bonds. The Balaban J connectivity index is 0.000000308. The van der Waals surface area contributed by atoms with Gasteiger partial charge in [0.05, 0.1) is 5.69 Å². The van der Waals surface area contributed by atoms with Gasteiger partial charge in [-0.25, -0.2) is 8.78 Å². The second kappa shape index (κ2) is 13.4. The summed E-state index contributed by atoms with van der Waals surface area (Å²) in [4.78, 5) is 69.5. The molecular weight excluding hydrogens is 601 g/mol. The normalized spacial score (nSPS) is 11.0. The molecule has 3 rings (SSSR count). The molecule has 41 heavy (non-hydrogen) atoms. The van der Waals surface area contributed by atoms with E-state index in [2.05, 4.69) is 11.6 Å². The van der Waals surface area contributed by atoms with Crippen molar-refractivity contribution in [1.82, 2.24) is 15.0 Å². The van der Waals surface area contributed by atoms with Crippen LogP contribution in [0.1, 0.15) is 54.6 Å². The van der Waals surface area contributed by atoms with Gasteiger partial charge in [-0.3, -0.25) is 28.8 Å². The highest BCUT2D eigenvalue weighted by Gasteiger charge is 2.32. The lowest BCUT2D eigenvalue weighted by atomic mass is 10.2. The van der Waals surface area contributed by atoms with Crippen molar-refractivity contribution in [2.45, 2.75) is 18.0 Å². The largest absolute Gasteiger partial charge is 0.431 e. The van der Waals surface area contributed by atoms with Crippen molar-refractivity contribution in [3.8, 4) is 0 Å². The summed E-state index contributed by atoms with van der Waals surface area (Å²) >= 11 is 4.64. The number of halogens is 8. The van der Waals surface area contributed by atoms with E-state index in [0.29, 0.717) is 6.07 Å². The highest BCUT2D eigenvalue weighted by molar-refractivity contribution is 6.21. The Labute approximate surface area is 226 Å². The molecule has 3 heterocycles. The maximum Gasteiger partial charge on any atom is 0.431 e. The minimum atomic E-state index is -4.64. The SMILES string of the molecule is NC(=O)c1ccc(C(F)(F)Cl)[nH]c1=O.NC(=O)c1ccc(C(F)(F)F)[nH]c1=O.NC(=O)c1ccc(C(F)F)[nH]c1=O. The fraction of sp³-hybridized carbons (Fsp3) is 0.143. The minimum Gasteiger partial charge on any atom is -0.365 e. The van der Waals surface area contributed by atoms with Crippen molar-refractivity contribution in [3.63, 3.8) is 0 Å². The number of nitrogens with two attached hydrogens (primary N) is 3. The van der Waals surface area contributed by atoms with Gasteiger partial charge in [0.1, 0.15) is 28.1 Å². The summed E-state index contributed by atoms with van der Waals surface area (Å²) in [6, 6.07) is 4.97. The average molecular weight is 617 g/mol. The number of rotatable bonds is 5. The van der Waals surface area contributed by atoms with Crippen molar-refractivity contribution >= 4 is 29.3 Å². The first-order chi connectivity index (χ1) is 18.7. The van der Waals surface area contributed by atoms with E-state index in [1.54, 1.807) is 4.98 Å². The maximum absolute atomic E-state index is 12.4. The van der Waals surface area contributed by atoms with Crippen LogP contribution in [-0.2, 0) is 11.6 Å². The van der Waals surface area contributed by atoms with E-state index in [4.69, 9.17) is 17.2 Å². The van der Waals surface area contributed by atoms with Crippen molar-refractivity contribution in [2.75, 3.05) is 0 Å². The van der Waals surface area contributed by atoms with Crippen LogP contribution in [0.25, 0.3) is 0 Å². The first kappa shape index (κ1) is 34.1. The molecule has 0 aromatic carbocycles. The van der Waals surface area contributed by atoms with Crippen molar-refractivity contribution in [3.05, 3.63) is 101 Å². The Hall–Kier alpha value is -4.94. The van der Waals surface area contributed by atoms with Crippen LogP contribution in [0.2, 0.25) is 0 Å². The van der Waals surface area contributed by atoms with Gasteiger partial charge in [0.15, 0.2) is 0 Å². The van der Waals surface area contributed by atoms with Crippen molar-refractivity contribution < 1.29 is 45.1 Å². The summed E-state index contributed by atoms with van der Waals surface area (Å²) in [5.74, 6) is -3.00. The summed E-state index contributed by atoms with van der Waals surface area (Å²) in [5.41, 5.74) is 7.53. The van der Waals surface area contributed by atoms with Gasteiger partial charge in [-0.1, -0.05) is 0 Å². The predicted molar refractivity (Wildman–Crippen MR) is 126 cm³/mol. The zero-order chi connectivity index (χ0) is 31.9. The second-order valence-electron chi connectivity index (χ2n) is 7.28. The molecule has 0 bridgehead atoms. The van der Waals surface area contributed by atoms with Gasteiger partial charge in [0.25, 0.3) is 40.8 Å². The van der Waals surface area contributed by atoms with E-state index in [-0.39, 0.29) is 5.56 Å². The summed E-state index contributed by atoms with van der Waals surface area (Å²) in [5, 5.41) is -3.67. The number of carbonyl (C=O) groups is 3. The van der Waals surface area contributed by atoms with Crippen LogP contribution in [0, 0.1) is 0 Å². The molecule has 0 spiro atoms. The number of pyridine rings is 3. The van der Waals surface area contributed by atoms with Crippen LogP contribution in [-0.4, -0.2) is 32.7 Å². The molecule has 0 fully saturated rings. The first-order valence-corrected chi connectivity index (χ1v) is 10.6. The molecule has 3 aromatic heterocycles. The molecule has 9 N–H and O–H groups in total. The summed E-state index contributed by atoms with van der Waals surface area (Å²) < 4.78 is 84.9. The molecule has 222 valence electrons. The molecule has 0 saturated heterocycles. The summed E-state index contributed by atoms with van der Waals surface area (Å²) in [6.45, 7) is 0. The molecule has 0 aliphatic rings. The van der Waals surface area contributed by atoms with Crippen LogP contribution in [0.5, 0.6) is 0 Å². The van der Waals surface area contributed by atoms with Crippen LogP contribution >= 0.6 is 11.6 Å². The quantitative estimate of drug-likeness (QED) is 0.184. The third-order valence-corrected chi connectivity index (χ3v) is 4.60. The van der Waals surface area contributed by atoms with E-state index < -0.39 is 80.6 Å². The molecule has 0 atom stereocenters. The van der Waals surface area contributed by atoms with Gasteiger partial charge in [0, 0.05) is 0 Å². The third kappa shape index (κ3) is 9.95. The van der Waals surface area contributed by atoms with Crippen molar-refractivity contribution in [1.29, 1.82) is 0 Å². The minimum absolute atomic E-state index is 0.329. The first-order valence-electron chi connectivity index (χ1n) is 10.2. The number of alkyl halides is 8. The van der Waals surface area contributed by atoms with E-state index in [0.717, 1.165) is 30.3 Å². The number of hydrogen-bond acceptors (Lipinski definition) is 6. The predicted octanol–water partition coefficient (Wildman–Crippen LogP) is 1.67. The maximum atomic E-state index is 12.4.